The number of carbonyl (C=O) groups is 2. The van der Waals surface area contributed by atoms with Crippen molar-refractivity contribution in [1.29, 1.82) is 0 Å². The quantitative estimate of drug-likeness (QED) is 0.508. The molecule has 198 valence electrons. The third-order valence-electron chi connectivity index (χ3n) is 7.43. The highest BCUT2D eigenvalue weighted by Crippen LogP contribution is 2.25. The molecule has 0 bridgehead atoms. The number of likely N-dealkylation sites (tertiary alicyclic amines) is 1. The SMILES string of the molecule is COCCCCn1c(C(=O)N(CC(C)C)C2CNCC(C(=O)N3CCCCC3)C2)nc2ccccc21. The first-order chi connectivity index (χ1) is 17.5. The van der Waals surface area contributed by atoms with Crippen molar-refractivity contribution in [3.8, 4) is 0 Å². The Morgan fingerprint density at radius 2 is 1.92 bits per heavy atom. The van der Waals surface area contributed by atoms with Gasteiger partial charge in [-0.05, 0) is 56.6 Å². The third-order valence-corrected chi connectivity index (χ3v) is 7.43. The molecule has 8 nitrogen and oxygen atoms in total. The molecule has 4 rings (SSSR count). The molecule has 2 amide bonds. The summed E-state index contributed by atoms with van der Waals surface area (Å²) in [5, 5.41) is 3.47. The van der Waals surface area contributed by atoms with Crippen molar-refractivity contribution in [3.63, 3.8) is 0 Å². The zero-order valence-corrected chi connectivity index (χ0v) is 22.2. The number of unbranched alkanes of at least 4 members (excludes halogenated alkanes) is 1. The Morgan fingerprint density at radius 3 is 2.67 bits per heavy atom. The van der Waals surface area contributed by atoms with Gasteiger partial charge in [0.05, 0.1) is 17.0 Å². The van der Waals surface area contributed by atoms with E-state index in [0.717, 1.165) is 56.4 Å². The highest BCUT2D eigenvalue weighted by molar-refractivity contribution is 5.95. The highest BCUT2D eigenvalue weighted by Gasteiger charge is 2.36. The number of aryl methyl sites for hydroxylation is 1. The van der Waals surface area contributed by atoms with Crippen LogP contribution in [0.3, 0.4) is 0 Å². The van der Waals surface area contributed by atoms with E-state index in [0.29, 0.717) is 44.4 Å². The van der Waals surface area contributed by atoms with Crippen LogP contribution in [0.5, 0.6) is 0 Å². The second-order valence-electron chi connectivity index (χ2n) is 10.8. The van der Waals surface area contributed by atoms with Crippen molar-refractivity contribution >= 4 is 22.8 Å². The summed E-state index contributed by atoms with van der Waals surface area (Å²) in [7, 11) is 1.72. The van der Waals surface area contributed by atoms with Crippen LogP contribution >= 0.6 is 0 Å². The van der Waals surface area contributed by atoms with Crippen molar-refractivity contribution in [2.24, 2.45) is 11.8 Å². The van der Waals surface area contributed by atoms with Gasteiger partial charge in [0.2, 0.25) is 5.91 Å². The van der Waals surface area contributed by atoms with Gasteiger partial charge < -0.3 is 24.4 Å². The number of ether oxygens (including phenoxy) is 1. The summed E-state index contributed by atoms with van der Waals surface area (Å²) in [6.45, 7) is 9.46. The number of nitrogens with zero attached hydrogens (tertiary/aromatic N) is 4. The second-order valence-corrected chi connectivity index (χ2v) is 10.8. The molecule has 8 heteroatoms. The smallest absolute Gasteiger partial charge is 0.290 e. The summed E-state index contributed by atoms with van der Waals surface area (Å²) >= 11 is 0. The molecule has 0 spiro atoms. The third kappa shape index (κ3) is 6.27. The van der Waals surface area contributed by atoms with Crippen LogP contribution in [-0.2, 0) is 16.1 Å². The number of carbonyl (C=O) groups excluding carboxylic acids is 2. The van der Waals surface area contributed by atoms with Crippen LogP contribution in [0.15, 0.2) is 24.3 Å². The first-order valence-corrected chi connectivity index (χ1v) is 13.7. The van der Waals surface area contributed by atoms with Crippen molar-refractivity contribution in [1.82, 2.24) is 24.7 Å². The number of aromatic nitrogens is 2. The lowest BCUT2D eigenvalue weighted by atomic mass is 9.92. The first kappa shape index (κ1) is 26.6. The van der Waals surface area contributed by atoms with Gasteiger partial charge in [0.25, 0.3) is 5.91 Å². The number of imidazole rings is 1. The van der Waals surface area contributed by atoms with Crippen molar-refractivity contribution < 1.29 is 14.3 Å². The fourth-order valence-electron chi connectivity index (χ4n) is 5.62. The van der Waals surface area contributed by atoms with Gasteiger partial charge in [0, 0.05) is 59.0 Å². The number of benzene rings is 1. The number of fused-ring (bicyclic) bond motifs is 1. The number of methoxy groups -OCH3 is 1. The van der Waals surface area contributed by atoms with Crippen LogP contribution in [0.1, 0.15) is 63.0 Å². The number of nitrogens with one attached hydrogen (secondary N) is 1. The summed E-state index contributed by atoms with van der Waals surface area (Å²) in [4.78, 5) is 36.2. The minimum absolute atomic E-state index is 0.0332. The van der Waals surface area contributed by atoms with Crippen LogP contribution in [0.4, 0.5) is 0 Å². The Kier molecular flexibility index (Phi) is 9.37. The Morgan fingerprint density at radius 1 is 1.14 bits per heavy atom. The molecule has 2 atom stereocenters. The van der Waals surface area contributed by atoms with E-state index in [-0.39, 0.29) is 23.8 Å². The molecular weight excluding hydrogens is 454 g/mol. The van der Waals surface area contributed by atoms with Gasteiger partial charge in [-0.2, -0.15) is 0 Å². The van der Waals surface area contributed by atoms with Gasteiger partial charge in [-0.3, -0.25) is 9.59 Å². The Labute approximate surface area is 215 Å². The standard InChI is InChI=1S/C28H43N5O3/c1-21(2)20-33(23-17-22(18-29-19-23)27(34)31-13-7-4-8-14-31)28(35)26-30-24-11-5-6-12-25(24)32(26)15-9-10-16-36-3/h5-6,11-12,21-23,29H,4,7-10,13-20H2,1-3H3. The Hall–Kier alpha value is -2.45. The van der Waals surface area contributed by atoms with E-state index in [1.807, 2.05) is 34.1 Å². The molecule has 2 unspecified atom stereocenters. The predicted octanol–water partition coefficient (Wildman–Crippen LogP) is 3.55. The second kappa shape index (κ2) is 12.7. The van der Waals surface area contributed by atoms with Gasteiger partial charge in [-0.25, -0.2) is 4.98 Å². The predicted molar refractivity (Wildman–Crippen MR) is 142 cm³/mol. The number of para-hydroxylation sites is 2. The number of piperidine rings is 2. The largest absolute Gasteiger partial charge is 0.385 e. The summed E-state index contributed by atoms with van der Waals surface area (Å²) in [5.41, 5.74) is 1.83. The Bertz CT molecular complexity index is 1010. The summed E-state index contributed by atoms with van der Waals surface area (Å²) in [5.74, 6) is 0.932. The van der Waals surface area contributed by atoms with E-state index < -0.39 is 0 Å². The maximum atomic E-state index is 14.1. The maximum Gasteiger partial charge on any atom is 0.290 e. The van der Waals surface area contributed by atoms with Crippen LogP contribution < -0.4 is 5.32 Å². The van der Waals surface area contributed by atoms with Gasteiger partial charge in [-0.1, -0.05) is 26.0 Å². The summed E-state index contributed by atoms with van der Waals surface area (Å²) in [6, 6.07) is 7.94. The van der Waals surface area contributed by atoms with Gasteiger partial charge in [-0.15, -0.1) is 0 Å². The van der Waals surface area contributed by atoms with E-state index in [9.17, 15) is 9.59 Å². The normalized spacial score (nSPS) is 20.7. The number of amides is 2. The molecule has 1 N–H and O–H groups in total. The number of hydrogen-bond donors (Lipinski definition) is 1. The van der Waals surface area contributed by atoms with Gasteiger partial charge >= 0.3 is 0 Å². The molecule has 0 aliphatic carbocycles. The molecule has 2 fully saturated rings. The number of hydrogen-bond acceptors (Lipinski definition) is 5. The average Bonchev–Trinajstić information content (AvgIpc) is 3.28. The van der Waals surface area contributed by atoms with Crippen LogP contribution in [-0.4, -0.2) is 83.6 Å². The van der Waals surface area contributed by atoms with Crippen LogP contribution in [0.2, 0.25) is 0 Å². The van der Waals surface area contributed by atoms with Crippen molar-refractivity contribution in [2.45, 2.75) is 65.0 Å². The summed E-state index contributed by atoms with van der Waals surface area (Å²) in [6.07, 6.45) is 5.93. The zero-order valence-electron chi connectivity index (χ0n) is 22.2. The molecule has 2 aromatic rings. The van der Waals surface area contributed by atoms with E-state index in [1.165, 1.54) is 6.42 Å². The summed E-state index contributed by atoms with van der Waals surface area (Å²) < 4.78 is 7.30. The minimum Gasteiger partial charge on any atom is -0.385 e. The topological polar surface area (TPSA) is 79.7 Å². The average molecular weight is 498 g/mol. The molecule has 0 radical (unpaired) electrons. The lowest BCUT2D eigenvalue weighted by Crippen LogP contribution is -2.55. The fourth-order valence-corrected chi connectivity index (χ4v) is 5.62. The Balaban J connectivity index is 1.57. The van der Waals surface area contributed by atoms with Gasteiger partial charge in [0.15, 0.2) is 5.82 Å². The molecule has 36 heavy (non-hydrogen) atoms. The molecular formula is C28H43N5O3. The van der Waals surface area contributed by atoms with E-state index >= 15 is 0 Å². The lowest BCUT2D eigenvalue weighted by Gasteiger charge is -2.40. The monoisotopic (exact) mass is 497 g/mol. The van der Waals surface area contributed by atoms with E-state index in [1.54, 1.807) is 7.11 Å². The molecule has 2 aliphatic rings. The molecule has 1 aromatic heterocycles. The highest BCUT2D eigenvalue weighted by atomic mass is 16.5. The lowest BCUT2D eigenvalue weighted by molar-refractivity contribution is -0.137. The minimum atomic E-state index is -0.0860. The van der Waals surface area contributed by atoms with Crippen LogP contribution in [0, 0.1) is 11.8 Å². The van der Waals surface area contributed by atoms with Crippen molar-refractivity contribution in [2.75, 3.05) is 46.4 Å². The molecule has 3 heterocycles. The van der Waals surface area contributed by atoms with Gasteiger partial charge in [0.1, 0.15) is 0 Å². The molecule has 0 saturated carbocycles. The fraction of sp³-hybridized carbons (Fsp3) is 0.679. The van der Waals surface area contributed by atoms with Crippen LogP contribution in [0.25, 0.3) is 11.0 Å². The number of rotatable bonds is 10. The zero-order chi connectivity index (χ0) is 25.5. The maximum absolute atomic E-state index is 14.1. The van der Waals surface area contributed by atoms with E-state index in [2.05, 4.69) is 23.7 Å². The molecule has 2 saturated heterocycles. The molecule has 1 aromatic carbocycles. The van der Waals surface area contributed by atoms with Crippen molar-refractivity contribution in [3.05, 3.63) is 30.1 Å². The first-order valence-electron chi connectivity index (χ1n) is 13.7. The van der Waals surface area contributed by atoms with E-state index in [4.69, 9.17) is 9.72 Å². The molecule has 2 aliphatic heterocycles.